The summed E-state index contributed by atoms with van der Waals surface area (Å²) in [6.45, 7) is 8.16. The second-order valence-electron chi connectivity index (χ2n) is 6.42. The molecule has 1 aromatic rings. The minimum atomic E-state index is 0.0129. The predicted molar refractivity (Wildman–Crippen MR) is 88.8 cm³/mol. The van der Waals surface area contributed by atoms with Gasteiger partial charge in [0.1, 0.15) is 0 Å². The maximum absolute atomic E-state index is 12.1. The highest BCUT2D eigenvalue weighted by molar-refractivity contribution is 5.73. The SMILES string of the molecule is CC(C)N1CCC(CNC(=O)N(C)CCc2ccccn2)C1. The van der Waals surface area contributed by atoms with Crippen molar-refractivity contribution >= 4 is 6.03 Å². The Balaban J connectivity index is 1.66. The second kappa shape index (κ2) is 8.13. The molecular weight excluding hydrogens is 276 g/mol. The van der Waals surface area contributed by atoms with Gasteiger partial charge in [0.05, 0.1) is 0 Å². The van der Waals surface area contributed by atoms with Crippen LogP contribution in [0.25, 0.3) is 0 Å². The zero-order valence-electron chi connectivity index (χ0n) is 14.0. The van der Waals surface area contributed by atoms with Gasteiger partial charge in [-0.3, -0.25) is 4.98 Å². The molecule has 5 heteroatoms. The number of pyridine rings is 1. The summed E-state index contributed by atoms with van der Waals surface area (Å²) in [5, 5.41) is 3.06. The Labute approximate surface area is 133 Å². The third-order valence-corrected chi connectivity index (χ3v) is 4.37. The number of aromatic nitrogens is 1. The third kappa shape index (κ3) is 4.98. The molecule has 0 aromatic carbocycles. The van der Waals surface area contributed by atoms with E-state index in [0.29, 0.717) is 18.5 Å². The minimum absolute atomic E-state index is 0.0129. The summed E-state index contributed by atoms with van der Waals surface area (Å²) < 4.78 is 0. The number of rotatable bonds is 6. The number of amides is 2. The lowest BCUT2D eigenvalue weighted by atomic mass is 10.1. The van der Waals surface area contributed by atoms with E-state index in [1.165, 1.54) is 6.42 Å². The Morgan fingerprint density at radius 1 is 1.50 bits per heavy atom. The van der Waals surface area contributed by atoms with E-state index in [2.05, 4.69) is 29.0 Å². The van der Waals surface area contributed by atoms with Gasteiger partial charge in [0.25, 0.3) is 0 Å². The second-order valence-corrected chi connectivity index (χ2v) is 6.42. The fourth-order valence-corrected chi connectivity index (χ4v) is 2.79. The van der Waals surface area contributed by atoms with Crippen LogP contribution in [0.1, 0.15) is 26.0 Å². The number of carbonyl (C=O) groups is 1. The molecule has 22 heavy (non-hydrogen) atoms. The van der Waals surface area contributed by atoms with Gasteiger partial charge in [0.15, 0.2) is 0 Å². The summed E-state index contributed by atoms with van der Waals surface area (Å²) in [6, 6.07) is 6.48. The molecule has 0 radical (unpaired) electrons. The van der Waals surface area contributed by atoms with Crippen LogP contribution in [0, 0.1) is 5.92 Å². The minimum Gasteiger partial charge on any atom is -0.338 e. The van der Waals surface area contributed by atoms with Crippen molar-refractivity contribution in [3.63, 3.8) is 0 Å². The van der Waals surface area contributed by atoms with Crippen LogP contribution >= 0.6 is 0 Å². The van der Waals surface area contributed by atoms with E-state index >= 15 is 0 Å². The molecule has 0 aliphatic carbocycles. The summed E-state index contributed by atoms with van der Waals surface area (Å²) in [5.74, 6) is 0.579. The van der Waals surface area contributed by atoms with Gasteiger partial charge >= 0.3 is 6.03 Å². The van der Waals surface area contributed by atoms with Crippen molar-refractivity contribution in [2.24, 2.45) is 5.92 Å². The Morgan fingerprint density at radius 2 is 2.32 bits per heavy atom. The monoisotopic (exact) mass is 304 g/mol. The lowest BCUT2D eigenvalue weighted by molar-refractivity contribution is 0.206. The van der Waals surface area contributed by atoms with Crippen molar-refractivity contribution in [1.82, 2.24) is 20.1 Å². The van der Waals surface area contributed by atoms with Gasteiger partial charge < -0.3 is 15.1 Å². The smallest absolute Gasteiger partial charge is 0.317 e. The molecule has 5 nitrogen and oxygen atoms in total. The van der Waals surface area contributed by atoms with E-state index in [4.69, 9.17) is 0 Å². The van der Waals surface area contributed by atoms with Crippen LogP contribution in [-0.4, -0.2) is 60.1 Å². The Morgan fingerprint density at radius 3 is 2.95 bits per heavy atom. The molecule has 0 spiro atoms. The van der Waals surface area contributed by atoms with E-state index in [1.807, 2.05) is 25.2 Å². The lowest BCUT2D eigenvalue weighted by Gasteiger charge is -2.21. The molecule has 0 bridgehead atoms. The fraction of sp³-hybridized carbons (Fsp3) is 0.647. The summed E-state index contributed by atoms with van der Waals surface area (Å²) in [6.07, 6.45) is 3.75. The van der Waals surface area contributed by atoms with Crippen molar-refractivity contribution in [3.8, 4) is 0 Å². The van der Waals surface area contributed by atoms with Crippen molar-refractivity contribution in [1.29, 1.82) is 0 Å². The molecular formula is C17H28N4O. The van der Waals surface area contributed by atoms with Gasteiger partial charge in [-0.1, -0.05) is 6.07 Å². The molecule has 1 N–H and O–H groups in total. The Hall–Kier alpha value is -1.62. The Bertz CT molecular complexity index is 463. The summed E-state index contributed by atoms with van der Waals surface area (Å²) in [5.41, 5.74) is 1.02. The topological polar surface area (TPSA) is 48.5 Å². The molecule has 2 heterocycles. The molecule has 1 fully saturated rings. The maximum Gasteiger partial charge on any atom is 0.317 e. The van der Waals surface area contributed by atoms with Gasteiger partial charge in [-0.05, 0) is 44.9 Å². The fourth-order valence-electron chi connectivity index (χ4n) is 2.79. The van der Waals surface area contributed by atoms with Gasteiger partial charge in [-0.15, -0.1) is 0 Å². The average molecular weight is 304 g/mol. The largest absolute Gasteiger partial charge is 0.338 e. The van der Waals surface area contributed by atoms with Crippen molar-refractivity contribution in [3.05, 3.63) is 30.1 Å². The average Bonchev–Trinajstić information content (AvgIpc) is 3.00. The number of likely N-dealkylation sites (N-methyl/N-ethyl adjacent to an activating group) is 1. The highest BCUT2D eigenvalue weighted by Crippen LogP contribution is 2.17. The van der Waals surface area contributed by atoms with E-state index in [0.717, 1.165) is 31.7 Å². The van der Waals surface area contributed by atoms with Gasteiger partial charge in [-0.2, -0.15) is 0 Å². The zero-order valence-corrected chi connectivity index (χ0v) is 14.0. The lowest BCUT2D eigenvalue weighted by Crippen LogP contribution is -2.41. The third-order valence-electron chi connectivity index (χ3n) is 4.37. The van der Waals surface area contributed by atoms with Crippen molar-refractivity contribution in [2.45, 2.75) is 32.7 Å². The molecule has 1 aliphatic heterocycles. The quantitative estimate of drug-likeness (QED) is 0.874. The van der Waals surface area contributed by atoms with Crippen LogP contribution in [0.4, 0.5) is 4.79 Å². The van der Waals surface area contributed by atoms with Crippen molar-refractivity contribution < 1.29 is 4.79 Å². The summed E-state index contributed by atoms with van der Waals surface area (Å²) >= 11 is 0. The molecule has 122 valence electrons. The number of urea groups is 1. The van der Waals surface area contributed by atoms with Crippen LogP contribution in [0.15, 0.2) is 24.4 Å². The molecule has 2 rings (SSSR count). The van der Waals surface area contributed by atoms with Crippen LogP contribution in [0.2, 0.25) is 0 Å². The van der Waals surface area contributed by atoms with Gasteiger partial charge in [0.2, 0.25) is 0 Å². The first kappa shape index (κ1) is 16.7. The summed E-state index contributed by atoms with van der Waals surface area (Å²) in [7, 11) is 1.84. The Kier molecular flexibility index (Phi) is 6.19. The molecule has 1 aliphatic rings. The first-order valence-electron chi connectivity index (χ1n) is 8.19. The standard InChI is InChI=1S/C17H28N4O/c1-14(2)21-11-7-15(13-21)12-19-17(22)20(3)10-8-16-6-4-5-9-18-16/h4-6,9,14-15H,7-8,10-13H2,1-3H3,(H,19,22). The molecule has 2 amide bonds. The first-order valence-corrected chi connectivity index (χ1v) is 8.19. The normalized spacial score (nSPS) is 18.6. The zero-order chi connectivity index (χ0) is 15.9. The number of nitrogens with one attached hydrogen (secondary N) is 1. The van der Waals surface area contributed by atoms with Gasteiger partial charge in [0, 0.05) is 51.0 Å². The van der Waals surface area contributed by atoms with Crippen LogP contribution < -0.4 is 5.32 Å². The summed E-state index contributed by atoms with van der Waals surface area (Å²) in [4.78, 5) is 20.6. The van der Waals surface area contributed by atoms with Crippen molar-refractivity contribution in [2.75, 3.05) is 33.2 Å². The van der Waals surface area contributed by atoms with E-state index in [9.17, 15) is 4.79 Å². The molecule has 0 saturated carbocycles. The maximum atomic E-state index is 12.1. The number of hydrogen-bond acceptors (Lipinski definition) is 3. The number of carbonyl (C=O) groups excluding carboxylic acids is 1. The van der Waals surface area contributed by atoms with E-state index in [-0.39, 0.29) is 6.03 Å². The molecule has 1 atom stereocenters. The highest BCUT2D eigenvalue weighted by Gasteiger charge is 2.24. The van der Waals surface area contributed by atoms with Crippen LogP contribution in [-0.2, 0) is 6.42 Å². The number of likely N-dealkylation sites (tertiary alicyclic amines) is 1. The van der Waals surface area contributed by atoms with Crippen LogP contribution in [0.5, 0.6) is 0 Å². The van der Waals surface area contributed by atoms with Gasteiger partial charge in [-0.25, -0.2) is 4.79 Å². The molecule has 1 unspecified atom stereocenters. The highest BCUT2D eigenvalue weighted by atomic mass is 16.2. The van der Waals surface area contributed by atoms with E-state index in [1.54, 1.807) is 11.1 Å². The molecule has 1 saturated heterocycles. The van der Waals surface area contributed by atoms with E-state index < -0.39 is 0 Å². The predicted octanol–water partition coefficient (Wildman–Crippen LogP) is 2.00. The number of hydrogen-bond donors (Lipinski definition) is 1. The number of nitrogens with zero attached hydrogens (tertiary/aromatic N) is 3. The first-order chi connectivity index (χ1) is 10.6. The molecule has 1 aromatic heterocycles. The van der Waals surface area contributed by atoms with Crippen LogP contribution in [0.3, 0.4) is 0 Å².